The van der Waals surface area contributed by atoms with Gasteiger partial charge in [0.05, 0.1) is 13.5 Å². The van der Waals surface area contributed by atoms with E-state index in [1.54, 1.807) is 12.1 Å². The molecule has 5 heteroatoms. The largest absolute Gasteiger partial charge is 0.497 e. The lowest BCUT2D eigenvalue weighted by Gasteiger charge is -2.21. The molecule has 0 radical (unpaired) electrons. The lowest BCUT2D eigenvalue weighted by molar-refractivity contribution is -0.136. The lowest BCUT2D eigenvalue weighted by atomic mass is 10.1. The first-order valence-electron chi connectivity index (χ1n) is 4.89. The number of rotatable bonds is 3. The minimum absolute atomic E-state index is 0.108. The molecule has 0 atom stereocenters. The van der Waals surface area contributed by atoms with Crippen molar-refractivity contribution in [3.63, 3.8) is 0 Å². The van der Waals surface area contributed by atoms with Gasteiger partial charge in [0, 0.05) is 11.6 Å². The molecule has 1 aromatic carbocycles. The fourth-order valence-corrected chi connectivity index (χ4v) is 1.61. The van der Waals surface area contributed by atoms with Crippen molar-refractivity contribution in [2.75, 3.05) is 20.3 Å². The number of carboxylic acid groups (broad SMARTS) is 1. The summed E-state index contributed by atoms with van der Waals surface area (Å²) >= 11 is 0. The quantitative estimate of drug-likeness (QED) is 0.832. The molecule has 86 valence electrons. The first kappa shape index (κ1) is 10.6. The Morgan fingerprint density at radius 1 is 1.44 bits per heavy atom. The van der Waals surface area contributed by atoms with Gasteiger partial charge in [-0.25, -0.2) is 0 Å². The van der Waals surface area contributed by atoms with Crippen molar-refractivity contribution in [3.05, 3.63) is 17.7 Å². The normalized spacial score (nSPS) is 13.3. The molecule has 1 N–H and O–H groups in total. The monoisotopic (exact) mass is 224 g/mol. The van der Waals surface area contributed by atoms with Crippen molar-refractivity contribution in [2.24, 2.45) is 0 Å². The van der Waals surface area contributed by atoms with E-state index < -0.39 is 5.97 Å². The Morgan fingerprint density at radius 2 is 2.19 bits per heavy atom. The maximum Gasteiger partial charge on any atom is 0.307 e. The van der Waals surface area contributed by atoms with Crippen molar-refractivity contribution in [1.29, 1.82) is 0 Å². The Balaban J connectivity index is 2.43. The van der Waals surface area contributed by atoms with E-state index in [0.29, 0.717) is 36.0 Å². The van der Waals surface area contributed by atoms with Gasteiger partial charge in [0.1, 0.15) is 19.0 Å². The average Bonchev–Trinajstić information content (AvgIpc) is 2.28. The Morgan fingerprint density at radius 3 is 2.88 bits per heavy atom. The molecule has 0 fully saturated rings. The summed E-state index contributed by atoms with van der Waals surface area (Å²) in [6.07, 6.45) is -0.108. The summed E-state index contributed by atoms with van der Waals surface area (Å²) in [4.78, 5) is 10.7. The van der Waals surface area contributed by atoms with Crippen molar-refractivity contribution >= 4 is 5.97 Å². The van der Waals surface area contributed by atoms with Crippen molar-refractivity contribution in [2.45, 2.75) is 6.42 Å². The van der Waals surface area contributed by atoms with Crippen LogP contribution in [0.2, 0.25) is 0 Å². The third kappa shape index (κ3) is 2.03. The van der Waals surface area contributed by atoms with Crippen molar-refractivity contribution in [1.82, 2.24) is 0 Å². The molecule has 0 saturated heterocycles. The van der Waals surface area contributed by atoms with Crippen LogP contribution in [-0.2, 0) is 11.2 Å². The minimum Gasteiger partial charge on any atom is -0.497 e. The Hall–Kier alpha value is -1.91. The molecular formula is C11H12O5. The highest BCUT2D eigenvalue weighted by Crippen LogP contribution is 2.37. The molecule has 0 saturated carbocycles. The second-order valence-electron chi connectivity index (χ2n) is 3.38. The first-order chi connectivity index (χ1) is 7.70. The zero-order valence-electron chi connectivity index (χ0n) is 8.86. The molecule has 1 aromatic rings. The number of aliphatic carboxylic acids is 1. The SMILES string of the molecule is COc1cc(CC(=O)O)c2c(c1)OCCO2. The fraction of sp³-hybridized carbons (Fsp3) is 0.364. The Kier molecular flexibility index (Phi) is 2.85. The van der Waals surface area contributed by atoms with Gasteiger partial charge in [-0.15, -0.1) is 0 Å². The third-order valence-corrected chi connectivity index (χ3v) is 2.27. The summed E-state index contributed by atoms with van der Waals surface area (Å²) in [7, 11) is 1.52. The molecule has 0 amide bonds. The van der Waals surface area contributed by atoms with E-state index >= 15 is 0 Å². The number of benzene rings is 1. The maximum absolute atomic E-state index is 10.7. The van der Waals surface area contributed by atoms with Gasteiger partial charge in [0.2, 0.25) is 0 Å². The summed E-state index contributed by atoms with van der Waals surface area (Å²) in [5, 5.41) is 8.79. The number of hydrogen-bond donors (Lipinski definition) is 1. The van der Waals surface area contributed by atoms with Crippen LogP contribution < -0.4 is 14.2 Å². The van der Waals surface area contributed by atoms with Crippen LogP contribution >= 0.6 is 0 Å². The van der Waals surface area contributed by atoms with Crippen LogP contribution in [-0.4, -0.2) is 31.4 Å². The topological polar surface area (TPSA) is 65.0 Å². The highest BCUT2D eigenvalue weighted by Gasteiger charge is 2.19. The average molecular weight is 224 g/mol. The highest BCUT2D eigenvalue weighted by atomic mass is 16.6. The van der Waals surface area contributed by atoms with E-state index in [0.717, 1.165) is 0 Å². The molecule has 16 heavy (non-hydrogen) atoms. The number of fused-ring (bicyclic) bond motifs is 1. The summed E-state index contributed by atoms with van der Waals surface area (Å²) in [6.45, 7) is 0.901. The second-order valence-corrected chi connectivity index (χ2v) is 3.38. The van der Waals surface area contributed by atoms with Gasteiger partial charge in [-0.2, -0.15) is 0 Å². The number of carbonyl (C=O) groups is 1. The standard InChI is InChI=1S/C11H12O5/c1-14-8-4-7(5-10(12)13)11-9(6-8)15-2-3-16-11/h4,6H,2-3,5H2,1H3,(H,12,13). The number of methoxy groups -OCH3 is 1. The molecule has 0 aliphatic carbocycles. The van der Waals surface area contributed by atoms with Crippen molar-refractivity contribution in [3.8, 4) is 17.2 Å². The number of carboxylic acids is 1. The Bertz CT molecular complexity index is 413. The van der Waals surface area contributed by atoms with Crippen LogP contribution in [0.15, 0.2) is 12.1 Å². The van der Waals surface area contributed by atoms with Crippen LogP contribution in [0, 0.1) is 0 Å². The third-order valence-electron chi connectivity index (χ3n) is 2.27. The highest BCUT2D eigenvalue weighted by molar-refractivity contribution is 5.72. The van der Waals surface area contributed by atoms with Gasteiger partial charge in [0.25, 0.3) is 0 Å². The Labute approximate surface area is 92.5 Å². The van der Waals surface area contributed by atoms with Gasteiger partial charge in [-0.05, 0) is 6.07 Å². The van der Waals surface area contributed by atoms with Crippen LogP contribution in [0.5, 0.6) is 17.2 Å². The predicted octanol–water partition coefficient (Wildman–Crippen LogP) is 1.09. The van der Waals surface area contributed by atoms with E-state index in [9.17, 15) is 4.79 Å². The molecular weight excluding hydrogens is 212 g/mol. The zero-order chi connectivity index (χ0) is 11.5. The van der Waals surface area contributed by atoms with E-state index in [4.69, 9.17) is 19.3 Å². The summed E-state index contributed by atoms with van der Waals surface area (Å²) in [5.74, 6) is 0.710. The van der Waals surface area contributed by atoms with Crippen LogP contribution in [0.1, 0.15) is 5.56 Å². The van der Waals surface area contributed by atoms with Crippen LogP contribution in [0.4, 0.5) is 0 Å². The van der Waals surface area contributed by atoms with E-state index in [1.165, 1.54) is 7.11 Å². The zero-order valence-corrected chi connectivity index (χ0v) is 8.86. The van der Waals surface area contributed by atoms with Gasteiger partial charge < -0.3 is 19.3 Å². The van der Waals surface area contributed by atoms with Gasteiger partial charge in [-0.1, -0.05) is 0 Å². The predicted molar refractivity (Wildman–Crippen MR) is 55.3 cm³/mol. The second kappa shape index (κ2) is 4.30. The van der Waals surface area contributed by atoms with Crippen LogP contribution in [0.25, 0.3) is 0 Å². The molecule has 0 unspecified atom stereocenters. The lowest BCUT2D eigenvalue weighted by Crippen LogP contribution is -2.17. The first-order valence-corrected chi connectivity index (χ1v) is 4.89. The van der Waals surface area contributed by atoms with Gasteiger partial charge in [0.15, 0.2) is 11.5 Å². The number of hydrogen-bond acceptors (Lipinski definition) is 4. The van der Waals surface area contributed by atoms with Gasteiger partial charge >= 0.3 is 5.97 Å². The number of ether oxygens (including phenoxy) is 3. The van der Waals surface area contributed by atoms with E-state index in [-0.39, 0.29) is 6.42 Å². The smallest absolute Gasteiger partial charge is 0.307 e. The molecule has 0 bridgehead atoms. The molecule has 2 rings (SSSR count). The molecule has 5 nitrogen and oxygen atoms in total. The summed E-state index contributed by atoms with van der Waals surface area (Å²) in [5.41, 5.74) is 0.571. The fourth-order valence-electron chi connectivity index (χ4n) is 1.61. The molecule has 1 aliphatic rings. The summed E-state index contributed by atoms with van der Waals surface area (Å²) in [6, 6.07) is 3.35. The summed E-state index contributed by atoms with van der Waals surface area (Å²) < 4.78 is 15.9. The minimum atomic E-state index is -0.912. The van der Waals surface area contributed by atoms with Crippen LogP contribution in [0.3, 0.4) is 0 Å². The molecule has 0 aromatic heterocycles. The van der Waals surface area contributed by atoms with Gasteiger partial charge in [-0.3, -0.25) is 4.79 Å². The molecule has 1 heterocycles. The van der Waals surface area contributed by atoms with E-state index in [1.807, 2.05) is 0 Å². The van der Waals surface area contributed by atoms with E-state index in [2.05, 4.69) is 0 Å². The molecule has 0 spiro atoms. The maximum atomic E-state index is 10.7. The van der Waals surface area contributed by atoms with Crippen molar-refractivity contribution < 1.29 is 24.1 Å². The molecule has 1 aliphatic heterocycles.